The molecule has 4 saturated heterocycles. The molecule has 4 rings (SSSR count). The molecule has 4 heterocycles. The van der Waals surface area contributed by atoms with Gasteiger partial charge in [-0.1, -0.05) is 17.7 Å². The van der Waals surface area contributed by atoms with Gasteiger partial charge in [0.15, 0.2) is 0 Å². The second kappa shape index (κ2) is 3.87. The molecule has 4 fully saturated rings. The molecule has 0 amide bonds. The monoisotopic (exact) mass is 248 g/mol. The molecule has 1 unspecified atom stereocenters. The summed E-state index contributed by atoms with van der Waals surface area (Å²) < 4.78 is 0. The van der Waals surface area contributed by atoms with Crippen LogP contribution < -0.4 is 0 Å². The van der Waals surface area contributed by atoms with Crippen LogP contribution in [0.15, 0.2) is 11.6 Å². The normalized spacial score (nSPS) is 50.1. The zero-order valence-corrected chi connectivity index (χ0v) is 9.90. The van der Waals surface area contributed by atoms with Crippen LogP contribution in [0.1, 0.15) is 0 Å². The Labute approximate surface area is 99.6 Å². The van der Waals surface area contributed by atoms with Gasteiger partial charge in [-0.05, 0) is 0 Å². The fourth-order valence-electron chi connectivity index (χ4n) is 2.81. The second-order valence-corrected chi connectivity index (χ2v) is 5.16. The zero-order valence-electron chi connectivity index (χ0n) is 8.39. The van der Waals surface area contributed by atoms with Crippen molar-refractivity contribution >= 4 is 23.2 Å². The van der Waals surface area contributed by atoms with Crippen LogP contribution in [-0.4, -0.2) is 64.5 Å². The topological polar surface area (TPSA) is 13.0 Å². The lowest BCUT2D eigenvalue weighted by molar-refractivity contribution is -0.228. The van der Waals surface area contributed by atoms with Gasteiger partial charge >= 0.3 is 0 Å². The van der Waals surface area contributed by atoms with Crippen LogP contribution in [0.5, 0.6) is 0 Å². The van der Waals surface area contributed by atoms with E-state index in [1.165, 1.54) is 5.54 Å². The highest BCUT2D eigenvalue weighted by molar-refractivity contribution is 6.27. The Kier molecular flexibility index (Phi) is 2.67. The quantitative estimate of drug-likeness (QED) is 0.668. The van der Waals surface area contributed by atoms with E-state index >= 15 is 0 Å². The minimum absolute atomic E-state index is 0.0232. The average molecular weight is 249 g/mol. The molecule has 0 N–H and O–H groups in total. The molecule has 4 aliphatic rings. The summed E-state index contributed by atoms with van der Waals surface area (Å²) in [5, 5.41) is -0.0232. The van der Waals surface area contributed by atoms with E-state index in [2.05, 4.69) is 19.6 Å². The molecule has 0 radical (unpaired) electrons. The summed E-state index contributed by atoms with van der Waals surface area (Å²) in [6, 6.07) is 0. The molecule has 15 heavy (non-hydrogen) atoms. The van der Waals surface area contributed by atoms with Gasteiger partial charge in [-0.3, -0.25) is 19.6 Å². The van der Waals surface area contributed by atoms with Gasteiger partial charge in [-0.2, -0.15) is 0 Å². The molecule has 0 saturated carbocycles. The van der Waals surface area contributed by atoms with E-state index < -0.39 is 0 Å². The van der Waals surface area contributed by atoms with E-state index in [1.807, 2.05) is 6.08 Å². The molecule has 0 aliphatic carbocycles. The zero-order chi connectivity index (χ0) is 10.4. The summed E-state index contributed by atoms with van der Waals surface area (Å²) >= 11 is 11.9. The van der Waals surface area contributed by atoms with Crippen LogP contribution in [0.4, 0.5) is 0 Å². The maximum absolute atomic E-state index is 6.33. The SMILES string of the molecule is ClC=CC(Cl)C1N2CN3CN(C2)CN1C3. The Bertz CT molecular complexity index is 255. The molecule has 6 heteroatoms. The van der Waals surface area contributed by atoms with E-state index in [1.54, 1.807) is 0 Å². The third-order valence-electron chi connectivity index (χ3n) is 3.22. The van der Waals surface area contributed by atoms with Gasteiger partial charge < -0.3 is 0 Å². The van der Waals surface area contributed by atoms with Gasteiger partial charge in [0, 0.05) is 5.54 Å². The van der Waals surface area contributed by atoms with E-state index in [0.717, 1.165) is 33.3 Å². The first-order valence-corrected chi connectivity index (χ1v) is 5.99. The maximum atomic E-state index is 6.33. The van der Waals surface area contributed by atoms with E-state index in [0.29, 0.717) is 6.17 Å². The van der Waals surface area contributed by atoms with Crippen LogP contribution in [-0.2, 0) is 0 Å². The summed E-state index contributed by atoms with van der Waals surface area (Å²) in [6.45, 7) is 5.19. The third-order valence-corrected chi connectivity index (χ3v) is 3.73. The minimum Gasteiger partial charge on any atom is -0.264 e. The van der Waals surface area contributed by atoms with Gasteiger partial charge in [-0.25, -0.2) is 0 Å². The fourth-order valence-corrected chi connectivity index (χ4v) is 3.43. The summed E-state index contributed by atoms with van der Waals surface area (Å²) in [4.78, 5) is 9.62. The Hall–Kier alpha value is 0.160. The molecule has 0 aromatic rings. The lowest BCUT2D eigenvalue weighted by Crippen LogP contribution is -2.77. The third kappa shape index (κ3) is 1.69. The molecule has 4 aliphatic heterocycles. The first kappa shape index (κ1) is 10.3. The number of halogens is 2. The summed E-state index contributed by atoms with van der Waals surface area (Å²) in [6.07, 6.45) is 2.16. The Morgan fingerprint density at radius 3 is 2.00 bits per heavy atom. The van der Waals surface area contributed by atoms with E-state index in [9.17, 15) is 0 Å². The lowest BCUT2D eigenvalue weighted by Gasteiger charge is -2.61. The summed E-state index contributed by atoms with van der Waals surface area (Å²) in [5.74, 6) is 0. The van der Waals surface area contributed by atoms with E-state index in [-0.39, 0.29) is 5.38 Å². The molecule has 4 bridgehead atoms. The van der Waals surface area contributed by atoms with Gasteiger partial charge in [0.05, 0.1) is 44.9 Å². The summed E-state index contributed by atoms with van der Waals surface area (Å²) in [5.41, 5.74) is 1.52. The molecule has 84 valence electrons. The largest absolute Gasteiger partial charge is 0.264 e. The average Bonchev–Trinajstić information content (AvgIpc) is 2.15. The van der Waals surface area contributed by atoms with Crippen LogP contribution in [0.25, 0.3) is 0 Å². The Balaban J connectivity index is 1.80. The maximum Gasteiger partial charge on any atom is 0.0869 e. The summed E-state index contributed by atoms with van der Waals surface area (Å²) in [7, 11) is 0. The van der Waals surface area contributed by atoms with Gasteiger partial charge in [0.1, 0.15) is 0 Å². The van der Waals surface area contributed by atoms with Crippen molar-refractivity contribution in [1.82, 2.24) is 19.6 Å². The standard InChI is InChI=1S/C9H14Cl2N4/c10-2-1-8(11)9-14-4-12-3-13(6-14)7-15(9)5-12/h1-2,8-9H,3-7H2. The Morgan fingerprint density at radius 1 is 1.00 bits per heavy atom. The van der Waals surface area contributed by atoms with Crippen molar-refractivity contribution in [2.45, 2.75) is 11.5 Å². The number of alkyl halides is 1. The predicted octanol–water partition coefficient (Wildman–Crippen LogP) is 0.709. The van der Waals surface area contributed by atoms with Crippen LogP contribution in [0, 0.1) is 0 Å². The van der Waals surface area contributed by atoms with Gasteiger partial charge in [0.2, 0.25) is 0 Å². The molecule has 0 spiro atoms. The number of hydrogen-bond acceptors (Lipinski definition) is 4. The van der Waals surface area contributed by atoms with E-state index in [4.69, 9.17) is 23.2 Å². The van der Waals surface area contributed by atoms with Crippen LogP contribution in [0.2, 0.25) is 0 Å². The molecule has 0 aromatic carbocycles. The number of hydrogen-bond donors (Lipinski definition) is 0. The second-order valence-electron chi connectivity index (χ2n) is 4.40. The lowest BCUT2D eigenvalue weighted by atomic mass is 10.2. The Morgan fingerprint density at radius 2 is 1.53 bits per heavy atom. The van der Waals surface area contributed by atoms with Crippen molar-refractivity contribution in [2.24, 2.45) is 0 Å². The van der Waals surface area contributed by atoms with Crippen molar-refractivity contribution in [3.63, 3.8) is 0 Å². The van der Waals surface area contributed by atoms with Crippen molar-refractivity contribution in [1.29, 1.82) is 0 Å². The highest BCUT2D eigenvalue weighted by Crippen LogP contribution is 2.30. The highest BCUT2D eigenvalue weighted by atomic mass is 35.5. The number of nitrogens with zero attached hydrogens (tertiary/aromatic N) is 4. The van der Waals surface area contributed by atoms with Crippen molar-refractivity contribution in [3.8, 4) is 0 Å². The van der Waals surface area contributed by atoms with Crippen molar-refractivity contribution in [2.75, 3.05) is 33.3 Å². The van der Waals surface area contributed by atoms with Crippen molar-refractivity contribution < 1.29 is 0 Å². The van der Waals surface area contributed by atoms with Gasteiger partial charge in [0.25, 0.3) is 0 Å². The molecule has 4 nitrogen and oxygen atoms in total. The molecular formula is C9H14Cl2N4. The highest BCUT2D eigenvalue weighted by Gasteiger charge is 2.45. The van der Waals surface area contributed by atoms with Crippen LogP contribution in [0.3, 0.4) is 0 Å². The molecule has 0 aromatic heterocycles. The van der Waals surface area contributed by atoms with Crippen molar-refractivity contribution in [3.05, 3.63) is 11.6 Å². The van der Waals surface area contributed by atoms with Crippen LogP contribution >= 0.6 is 23.2 Å². The first-order valence-electron chi connectivity index (χ1n) is 5.12. The number of rotatable bonds is 2. The molecular weight excluding hydrogens is 235 g/mol. The smallest absolute Gasteiger partial charge is 0.0869 e. The fraction of sp³-hybridized carbons (Fsp3) is 0.778. The minimum atomic E-state index is -0.0232. The van der Waals surface area contributed by atoms with Gasteiger partial charge in [-0.15, -0.1) is 11.6 Å². The molecule has 1 atom stereocenters. The predicted molar refractivity (Wildman–Crippen MR) is 60.1 cm³/mol. The first-order chi connectivity index (χ1) is 7.28.